The lowest BCUT2D eigenvalue weighted by Gasteiger charge is -2.28. The average Bonchev–Trinajstić information content (AvgIpc) is 2.76. The van der Waals surface area contributed by atoms with Crippen LogP contribution in [-0.2, 0) is 0 Å². The van der Waals surface area contributed by atoms with Crippen molar-refractivity contribution in [2.45, 2.75) is 45.4 Å². The highest BCUT2D eigenvalue weighted by Crippen LogP contribution is 2.21. The molecule has 1 heterocycles. The van der Waals surface area contributed by atoms with Gasteiger partial charge in [0.1, 0.15) is 5.75 Å². The van der Waals surface area contributed by atoms with Gasteiger partial charge in [0, 0.05) is 24.3 Å². The summed E-state index contributed by atoms with van der Waals surface area (Å²) in [5.41, 5.74) is 2.95. The first-order valence-corrected chi connectivity index (χ1v) is 10.6. The highest BCUT2D eigenvalue weighted by atomic mass is 16.5. The summed E-state index contributed by atoms with van der Waals surface area (Å²) in [6.45, 7) is 5.18. The fraction of sp³-hybridized carbons (Fsp3) is 0.400. The average molecular weight is 378 g/mol. The van der Waals surface area contributed by atoms with E-state index in [9.17, 15) is 4.79 Å². The first-order valence-electron chi connectivity index (χ1n) is 10.6. The number of ether oxygens (including phenoxy) is 1. The van der Waals surface area contributed by atoms with E-state index in [2.05, 4.69) is 24.0 Å². The van der Waals surface area contributed by atoms with Gasteiger partial charge in [0.15, 0.2) is 5.78 Å². The maximum Gasteiger partial charge on any atom is 0.185 e. The molecule has 0 amide bonds. The van der Waals surface area contributed by atoms with Crippen molar-refractivity contribution < 1.29 is 9.53 Å². The molecule has 0 aliphatic carbocycles. The molecule has 0 N–H and O–H groups in total. The lowest BCUT2D eigenvalue weighted by atomic mass is 10.1. The van der Waals surface area contributed by atoms with Gasteiger partial charge >= 0.3 is 0 Å². The first-order chi connectivity index (χ1) is 13.8. The molecule has 1 saturated heterocycles. The second-order valence-corrected chi connectivity index (χ2v) is 7.42. The first kappa shape index (κ1) is 20.2. The highest BCUT2D eigenvalue weighted by molar-refractivity contribution is 6.07. The fourth-order valence-corrected chi connectivity index (χ4v) is 3.47. The predicted molar refractivity (Wildman–Crippen MR) is 117 cm³/mol. The molecule has 1 aliphatic rings. The van der Waals surface area contributed by atoms with Crippen LogP contribution < -0.4 is 9.64 Å². The summed E-state index contributed by atoms with van der Waals surface area (Å²) < 4.78 is 5.72. The van der Waals surface area contributed by atoms with Gasteiger partial charge in [-0.05, 0) is 73.7 Å². The molecule has 0 bridgehead atoms. The Morgan fingerprint density at radius 3 is 2.36 bits per heavy atom. The number of ketones is 1. The minimum absolute atomic E-state index is 0.0325. The van der Waals surface area contributed by atoms with Crippen molar-refractivity contribution >= 4 is 17.5 Å². The maximum atomic E-state index is 12.5. The minimum atomic E-state index is 0.0325. The lowest BCUT2D eigenvalue weighted by molar-refractivity contribution is 0.104. The molecule has 2 aromatic carbocycles. The molecule has 1 fully saturated rings. The summed E-state index contributed by atoms with van der Waals surface area (Å²) in [5.74, 6) is 0.915. The zero-order chi connectivity index (χ0) is 19.6. The van der Waals surface area contributed by atoms with Crippen LogP contribution in [0.25, 0.3) is 6.08 Å². The lowest BCUT2D eigenvalue weighted by Crippen LogP contribution is -2.29. The molecule has 148 valence electrons. The van der Waals surface area contributed by atoms with Gasteiger partial charge in [-0.15, -0.1) is 0 Å². The van der Waals surface area contributed by atoms with E-state index in [0.29, 0.717) is 0 Å². The van der Waals surface area contributed by atoms with Crippen LogP contribution in [0.3, 0.4) is 0 Å². The molecule has 0 saturated carbocycles. The predicted octanol–water partition coefficient (Wildman–Crippen LogP) is 6.14. The number of hydrogen-bond donors (Lipinski definition) is 0. The van der Waals surface area contributed by atoms with E-state index in [1.54, 1.807) is 6.08 Å². The number of nitrogens with zero attached hydrogens (tertiary/aromatic N) is 1. The van der Waals surface area contributed by atoms with Gasteiger partial charge in [0.2, 0.25) is 0 Å². The third-order valence-corrected chi connectivity index (χ3v) is 5.20. The summed E-state index contributed by atoms with van der Waals surface area (Å²) >= 11 is 0. The van der Waals surface area contributed by atoms with Gasteiger partial charge in [-0.1, -0.05) is 38.0 Å². The Morgan fingerprint density at radius 2 is 1.68 bits per heavy atom. The fourth-order valence-electron chi connectivity index (χ4n) is 3.47. The smallest absolute Gasteiger partial charge is 0.185 e. The number of hydrogen-bond acceptors (Lipinski definition) is 3. The molecular formula is C25H31NO2. The third kappa shape index (κ3) is 5.98. The molecule has 0 aromatic heterocycles. The van der Waals surface area contributed by atoms with Gasteiger partial charge < -0.3 is 9.64 Å². The topological polar surface area (TPSA) is 29.5 Å². The Morgan fingerprint density at radius 1 is 0.964 bits per heavy atom. The van der Waals surface area contributed by atoms with Gasteiger partial charge in [0.25, 0.3) is 0 Å². The molecule has 3 rings (SSSR count). The van der Waals surface area contributed by atoms with Gasteiger partial charge in [-0.3, -0.25) is 4.79 Å². The van der Waals surface area contributed by atoms with Crippen molar-refractivity contribution in [1.82, 2.24) is 0 Å². The van der Waals surface area contributed by atoms with Crippen LogP contribution in [0.2, 0.25) is 0 Å². The second-order valence-electron chi connectivity index (χ2n) is 7.42. The molecule has 3 heteroatoms. The molecule has 0 unspecified atom stereocenters. The molecule has 2 aromatic rings. The number of benzene rings is 2. The number of rotatable bonds is 9. The minimum Gasteiger partial charge on any atom is -0.494 e. The van der Waals surface area contributed by atoms with Crippen LogP contribution in [0.1, 0.15) is 61.4 Å². The number of carbonyl (C=O) groups excluding carboxylic acids is 1. The number of anilines is 1. The highest BCUT2D eigenvalue weighted by Gasteiger charge is 2.11. The van der Waals surface area contributed by atoms with E-state index < -0.39 is 0 Å². The summed E-state index contributed by atoms with van der Waals surface area (Å²) in [7, 11) is 0. The number of piperidine rings is 1. The molecule has 0 spiro atoms. The Balaban J connectivity index is 1.52. The van der Waals surface area contributed by atoms with Crippen molar-refractivity contribution in [1.29, 1.82) is 0 Å². The Kier molecular flexibility index (Phi) is 7.71. The zero-order valence-electron chi connectivity index (χ0n) is 16.9. The van der Waals surface area contributed by atoms with Crippen LogP contribution in [0, 0.1) is 0 Å². The molecular weight excluding hydrogens is 346 g/mol. The van der Waals surface area contributed by atoms with Gasteiger partial charge in [-0.25, -0.2) is 0 Å². The molecule has 1 aliphatic heterocycles. The molecule has 0 radical (unpaired) electrons. The van der Waals surface area contributed by atoms with E-state index >= 15 is 0 Å². The van der Waals surface area contributed by atoms with Crippen molar-refractivity contribution in [3.05, 3.63) is 65.7 Å². The van der Waals surface area contributed by atoms with E-state index in [-0.39, 0.29) is 5.78 Å². The maximum absolute atomic E-state index is 12.5. The van der Waals surface area contributed by atoms with Gasteiger partial charge in [0.05, 0.1) is 6.61 Å². The second kappa shape index (κ2) is 10.7. The summed E-state index contributed by atoms with van der Waals surface area (Å²) in [4.78, 5) is 14.9. The molecule has 0 atom stereocenters. The van der Waals surface area contributed by atoms with Crippen LogP contribution in [-0.4, -0.2) is 25.5 Å². The normalized spacial score (nSPS) is 14.4. The Bertz CT molecular complexity index is 756. The van der Waals surface area contributed by atoms with Gasteiger partial charge in [-0.2, -0.15) is 0 Å². The number of carbonyl (C=O) groups is 1. The quantitative estimate of drug-likeness (QED) is 0.298. The Hall–Kier alpha value is -2.55. The molecule has 3 nitrogen and oxygen atoms in total. The van der Waals surface area contributed by atoms with E-state index in [1.165, 1.54) is 37.8 Å². The van der Waals surface area contributed by atoms with E-state index in [1.807, 2.05) is 42.5 Å². The largest absolute Gasteiger partial charge is 0.494 e. The van der Waals surface area contributed by atoms with E-state index in [4.69, 9.17) is 4.74 Å². The van der Waals surface area contributed by atoms with Crippen molar-refractivity contribution in [3.8, 4) is 5.75 Å². The van der Waals surface area contributed by atoms with E-state index in [0.717, 1.165) is 43.0 Å². The summed E-state index contributed by atoms with van der Waals surface area (Å²) in [6, 6.07) is 15.9. The Labute approximate surface area is 169 Å². The van der Waals surface area contributed by atoms with Crippen LogP contribution in [0.4, 0.5) is 5.69 Å². The van der Waals surface area contributed by atoms with Crippen LogP contribution in [0.15, 0.2) is 54.6 Å². The number of unbranched alkanes of at least 4 members (excludes halogenated alkanes) is 2. The van der Waals surface area contributed by atoms with Crippen LogP contribution >= 0.6 is 0 Å². The van der Waals surface area contributed by atoms with Crippen molar-refractivity contribution in [2.24, 2.45) is 0 Å². The zero-order valence-corrected chi connectivity index (χ0v) is 16.9. The van der Waals surface area contributed by atoms with Crippen LogP contribution in [0.5, 0.6) is 5.75 Å². The molecule has 28 heavy (non-hydrogen) atoms. The van der Waals surface area contributed by atoms with Crippen molar-refractivity contribution in [2.75, 3.05) is 24.6 Å². The SMILES string of the molecule is CCCCCOc1ccc(/C=C/C(=O)c2ccc(N3CCCCC3)cc2)cc1. The monoisotopic (exact) mass is 377 g/mol. The summed E-state index contributed by atoms with van der Waals surface area (Å²) in [5, 5.41) is 0. The summed E-state index contributed by atoms with van der Waals surface area (Å²) in [6.07, 6.45) is 10.8. The number of allylic oxidation sites excluding steroid dienone is 1. The van der Waals surface area contributed by atoms with Crippen molar-refractivity contribution in [3.63, 3.8) is 0 Å². The third-order valence-electron chi connectivity index (χ3n) is 5.20. The standard InChI is InChI=1S/C25H31NO2/c1-2-3-7-20-28-24-15-8-21(9-16-24)10-17-25(27)22-11-13-23(14-12-22)26-18-5-4-6-19-26/h8-17H,2-7,18-20H2,1H3/b17-10+.